The van der Waals surface area contributed by atoms with E-state index in [4.69, 9.17) is 0 Å². The molecule has 1 saturated heterocycles. The average molecular weight is 359 g/mol. The molecule has 138 valence electrons. The van der Waals surface area contributed by atoms with Crippen LogP contribution in [0.4, 0.5) is 0 Å². The van der Waals surface area contributed by atoms with Crippen LogP contribution in [-0.2, 0) is 19.6 Å². The first-order valence-corrected chi connectivity index (χ1v) is 10.6. The molecule has 0 aromatic heterocycles. The Bertz CT molecular complexity index is 562. The first kappa shape index (κ1) is 19.2. The van der Waals surface area contributed by atoms with Gasteiger partial charge in [0.05, 0.1) is 6.26 Å². The normalized spacial score (nSPS) is 22.8. The van der Waals surface area contributed by atoms with Crippen molar-refractivity contribution in [3.63, 3.8) is 0 Å². The molecular weight excluding hydrogens is 330 g/mol. The molecule has 8 heteroatoms. The zero-order valence-electron chi connectivity index (χ0n) is 14.6. The number of amides is 2. The Morgan fingerprint density at radius 3 is 2.21 bits per heavy atom. The Hall–Kier alpha value is -1.15. The minimum absolute atomic E-state index is 0.0945. The van der Waals surface area contributed by atoms with Gasteiger partial charge in [0.25, 0.3) is 0 Å². The summed E-state index contributed by atoms with van der Waals surface area (Å²) in [6.45, 7) is 3.01. The summed E-state index contributed by atoms with van der Waals surface area (Å²) in [7, 11) is -3.12. The molecule has 7 nitrogen and oxygen atoms in total. The summed E-state index contributed by atoms with van der Waals surface area (Å²) in [5.74, 6) is 0.0152. The van der Waals surface area contributed by atoms with E-state index in [1.54, 1.807) is 0 Å². The zero-order chi connectivity index (χ0) is 17.8. The molecule has 0 radical (unpaired) electrons. The Labute approximate surface area is 144 Å². The minimum Gasteiger partial charge on any atom is -0.354 e. The Balaban J connectivity index is 1.86. The fourth-order valence-electron chi connectivity index (χ4n) is 3.75. The maximum Gasteiger partial charge on any atom is 0.245 e. The summed E-state index contributed by atoms with van der Waals surface area (Å²) < 4.78 is 24.5. The summed E-state index contributed by atoms with van der Waals surface area (Å²) in [5, 5.41) is 5.87. The molecule has 1 aliphatic carbocycles. The molecular formula is C16H29N3O4S. The fourth-order valence-corrected chi connectivity index (χ4v) is 4.63. The number of sulfonamides is 1. The van der Waals surface area contributed by atoms with Gasteiger partial charge in [0, 0.05) is 26.6 Å². The molecule has 2 rings (SSSR count). The first-order chi connectivity index (χ1) is 11.2. The standard InChI is InChI=1S/C16H29N3O4S/c1-13(20)18-16(8-4-3-5-9-16)15(21)17-12-14-6-10-19(11-7-14)24(2,22)23/h14H,3-12H2,1-2H3,(H,17,21)(H,18,20). The molecule has 0 aromatic carbocycles. The molecule has 0 aromatic rings. The average Bonchev–Trinajstić information content (AvgIpc) is 2.52. The van der Waals surface area contributed by atoms with Crippen LogP contribution >= 0.6 is 0 Å². The first-order valence-electron chi connectivity index (χ1n) is 8.75. The molecule has 2 N–H and O–H groups in total. The highest BCUT2D eigenvalue weighted by atomic mass is 32.2. The third-order valence-electron chi connectivity index (χ3n) is 5.15. The summed E-state index contributed by atoms with van der Waals surface area (Å²) >= 11 is 0. The molecule has 1 aliphatic heterocycles. The number of rotatable bonds is 5. The molecule has 2 fully saturated rings. The highest BCUT2D eigenvalue weighted by Gasteiger charge is 2.40. The van der Waals surface area contributed by atoms with Crippen LogP contribution in [0.3, 0.4) is 0 Å². The highest BCUT2D eigenvalue weighted by Crippen LogP contribution is 2.29. The maximum atomic E-state index is 12.7. The van der Waals surface area contributed by atoms with Gasteiger partial charge in [0.1, 0.15) is 5.54 Å². The van der Waals surface area contributed by atoms with Crippen LogP contribution in [-0.4, -0.2) is 56.0 Å². The van der Waals surface area contributed by atoms with E-state index in [-0.39, 0.29) is 17.7 Å². The van der Waals surface area contributed by atoms with Crippen LogP contribution < -0.4 is 10.6 Å². The molecule has 0 atom stereocenters. The number of hydrogen-bond acceptors (Lipinski definition) is 4. The molecule has 0 bridgehead atoms. The van der Waals surface area contributed by atoms with Crippen molar-refractivity contribution in [2.24, 2.45) is 5.92 Å². The number of nitrogens with zero attached hydrogens (tertiary/aromatic N) is 1. The molecule has 2 aliphatic rings. The third kappa shape index (κ3) is 4.92. The van der Waals surface area contributed by atoms with Gasteiger partial charge in [-0.05, 0) is 31.6 Å². The number of hydrogen-bond donors (Lipinski definition) is 2. The zero-order valence-corrected chi connectivity index (χ0v) is 15.5. The van der Waals surface area contributed by atoms with Crippen LogP contribution in [0.1, 0.15) is 51.9 Å². The Morgan fingerprint density at radius 1 is 1.12 bits per heavy atom. The number of piperidine rings is 1. The molecule has 0 spiro atoms. The molecule has 1 heterocycles. The van der Waals surface area contributed by atoms with E-state index in [1.807, 2.05) is 0 Å². The lowest BCUT2D eigenvalue weighted by Gasteiger charge is -2.37. The second kappa shape index (κ2) is 7.82. The molecule has 2 amide bonds. The van der Waals surface area contributed by atoms with Gasteiger partial charge in [0.2, 0.25) is 21.8 Å². The van der Waals surface area contributed by atoms with Gasteiger partial charge in [-0.1, -0.05) is 19.3 Å². The topological polar surface area (TPSA) is 95.6 Å². The van der Waals surface area contributed by atoms with Crippen molar-refractivity contribution in [2.45, 2.75) is 57.4 Å². The SMILES string of the molecule is CC(=O)NC1(C(=O)NCC2CCN(S(C)(=O)=O)CC2)CCCCC1. The van der Waals surface area contributed by atoms with E-state index >= 15 is 0 Å². The lowest BCUT2D eigenvalue weighted by Crippen LogP contribution is -2.59. The fraction of sp³-hybridized carbons (Fsp3) is 0.875. The van der Waals surface area contributed by atoms with Crippen LogP contribution in [0.5, 0.6) is 0 Å². The second-order valence-electron chi connectivity index (χ2n) is 7.14. The smallest absolute Gasteiger partial charge is 0.245 e. The number of nitrogens with one attached hydrogen (secondary N) is 2. The van der Waals surface area contributed by atoms with Gasteiger partial charge >= 0.3 is 0 Å². The van der Waals surface area contributed by atoms with Gasteiger partial charge < -0.3 is 10.6 Å². The van der Waals surface area contributed by atoms with E-state index in [9.17, 15) is 18.0 Å². The summed E-state index contributed by atoms with van der Waals surface area (Å²) in [6, 6.07) is 0. The highest BCUT2D eigenvalue weighted by molar-refractivity contribution is 7.88. The van der Waals surface area contributed by atoms with Crippen molar-refractivity contribution in [3.8, 4) is 0 Å². The molecule has 1 saturated carbocycles. The summed E-state index contributed by atoms with van der Waals surface area (Å²) in [5.41, 5.74) is -0.766. The van der Waals surface area contributed by atoms with E-state index in [0.717, 1.165) is 32.1 Å². The Kier molecular flexibility index (Phi) is 6.25. The van der Waals surface area contributed by atoms with Crippen molar-refractivity contribution in [2.75, 3.05) is 25.9 Å². The van der Waals surface area contributed by atoms with Gasteiger partial charge in [-0.3, -0.25) is 9.59 Å². The quantitative estimate of drug-likeness (QED) is 0.752. The van der Waals surface area contributed by atoms with Gasteiger partial charge in [0.15, 0.2) is 0 Å². The predicted molar refractivity (Wildman–Crippen MR) is 91.8 cm³/mol. The van der Waals surface area contributed by atoms with E-state index in [0.29, 0.717) is 32.5 Å². The largest absolute Gasteiger partial charge is 0.354 e. The third-order valence-corrected chi connectivity index (χ3v) is 6.45. The van der Waals surface area contributed by atoms with Crippen molar-refractivity contribution in [1.82, 2.24) is 14.9 Å². The Morgan fingerprint density at radius 2 is 1.71 bits per heavy atom. The molecule has 24 heavy (non-hydrogen) atoms. The van der Waals surface area contributed by atoms with Gasteiger partial charge in [-0.15, -0.1) is 0 Å². The second-order valence-corrected chi connectivity index (χ2v) is 9.12. The number of carbonyl (C=O) groups excluding carboxylic acids is 2. The lowest BCUT2D eigenvalue weighted by molar-refractivity contribution is -0.134. The predicted octanol–water partition coefficient (Wildman–Crippen LogP) is 0.613. The van der Waals surface area contributed by atoms with Gasteiger partial charge in [-0.25, -0.2) is 12.7 Å². The summed E-state index contributed by atoms with van der Waals surface area (Å²) in [6.07, 6.45) is 7.09. The van der Waals surface area contributed by atoms with Crippen LogP contribution in [0.2, 0.25) is 0 Å². The van der Waals surface area contributed by atoms with Crippen molar-refractivity contribution in [3.05, 3.63) is 0 Å². The monoisotopic (exact) mass is 359 g/mol. The lowest BCUT2D eigenvalue weighted by atomic mass is 9.80. The van der Waals surface area contributed by atoms with Crippen LogP contribution in [0.15, 0.2) is 0 Å². The molecule has 0 unspecified atom stereocenters. The minimum atomic E-state index is -3.12. The van der Waals surface area contributed by atoms with E-state index in [1.165, 1.54) is 17.5 Å². The van der Waals surface area contributed by atoms with Gasteiger partial charge in [-0.2, -0.15) is 0 Å². The maximum absolute atomic E-state index is 12.7. The van der Waals surface area contributed by atoms with Crippen LogP contribution in [0, 0.1) is 5.92 Å². The summed E-state index contributed by atoms with van der Waals surface area (Å²) in [4.78, 5) is 24.2. The van der Waals surface area contributed by atoms with Crippen LogP contribution in [0.25, 0.3) is 0 Å². The van der Waals surface area contributed by atoms with Crippen molar-refractivity contribution >= 4 is 21.8 Å². The van der Waals surface area contributed by atoms with Crippen molar-refractivity contribution < 1.29 is 18.0 Å². The van der Waals surface area contributed by atoms with Crippen molar-refractivity contribution in [1.29, 1.82) is 0 Å². The number of carbonyl (C=O) groups is 2. The van der Waals surface area contributed by atoms with E-state index in [2.05, 4.69) is 10.6 Å². The van der Waals surface area contributed by atoms with E-state index < -0.39 is 15.6 Å².